The summed E-state index contributed by atoms with van der Waals surface area (Å²) in [6.07, 6.45) is 3.06. The van der Waals surface area contributed by atoms with Crippen molar-refractivity contribution in [3.05, 3.63) is 35.9 Å². The van der Waals surface area contributed by atoms with Crippen molar-refractivity contribution in [1.82, 2.24) is 5.32 Å². The molecule has 1 aliphatic carbocycles. The van der Waals surface area contributed by atoms with Crippen LogP contribution in [-0.4, -0.2) is 23.8 Å². The molecular weight excluding hydrogens is 186 g/mol. The van der Waals surface area contributed by atoms with Crippen molar-refractivity contribution in [1.29, 1.82) is 0 Å². The van der Waals surface area contributed by atoms with Gasteiger partial charge in [-0.15, -0.1) is 0 Å². The lowest BCUT2D eigenvalue weighted by Gasteiger charge is -2.58. The van der Waals surface area contributed by atoms with Crippen molar-refractivity contribution in [2.45, 2.75) is 31.4 Å². The molecule has 1 saturated carbocycles. The van der Waals surface area contributed by atoms with Gasteiger partial charge in [0.25, 0.3) is 0 Å². The highest BCUT2D eigenvalue weighted by Crippen LogP contribution is 2.49. The van der Waals surface area contributed by atoms with Crippen molar-refractivity contribution in [3.8, 4) is 0 Å². The molecule has 1 heterocycles. The van der Waals surface area contributed by atoms with E-state index in [1.165, 1.54) is 5.56 Å². The Morgan fingerprint density at radius 2 is 2.00 bits per heavy atom. The molecule has 3 rings (SSSR count). The Labute approximate surface area is 90.3 Å². The summed E-state index contributed by atoms with van der Waals surface area (Å²) in [4.78, 5) is 0. The van der Waals surface area contributed by atoms with E-state index in [4.69, 9.17) is 0 Å². The predicted octanol–water partition coefficient (Wildman–Crippen LogP) is 1.34. The summed E-state index contributed by atoms with van der Waals surface area (Å²) in [7, 11) is 0. The van der Waals surface area contributed by atoms with E-state index in [0.717, 1.165) is 25.8 Å². The highest BCUT2D eigenvalue weighted by atomic mass is 16.3. The fraction of sp³-hybridized carbons (Fsp3) is 0.538. The Morgan fingerprint density at radius 1 is 1.27 bits per heavy atom. The van der Waals surface area contributed by atoms with Crippen molar-refractivity contribution >= 4 is 0 Å². The fourth-order valence-corrected chi connectivity index (χ4v) is 2.98. The molecule has 2 N–H and O–H groups in total. The first kappa shape index (κ1) is 9.37. The highest BCUT2D eigenvalue weighted by Gasteiger charge is 2.54. The third kappa shape index (κ3) is 1.48. The van der Waals surface area contributed by atoms with E-state index in [-0.39, 0.29) is 6.10 Å². The van der Waals surface area contributed by atoms with Crippen LogP contribution >= 0.6 is 0 Å². The molecule has 2 fully saturated rings. The van der Waals surface area contributed by atoms with E-state index < -0.39 is 0 Å². The average molecular weight is 203 g/mol. The van der Waals surface area contributed by atoms with Crippen LogP contribution in [0.4, 0.5) is 0 Å². The zero-order chi connectivity index (χ0) is 10.3. The molecule has 1 aromatic carbocycles. The van der Waals surface area contributed by atoms with Crippen LogP contribution in [0.5, 0.6) is 0 Å². The molecule has 1 atom stereocenters. The lowest BCUT2D eigenvalue weighted by molar-refractivity contribution is -0.0983. The van der Waals surface area contributed by atoms with Crippen molar-refractivity contribution in [2.75, 3.05) is 6.54 Å². The maximum absolute atomic E-state index is 9.40. The van der Waals surface area contributed by atoms with Gasteiger partial charge in [-0.25, -0.2) is 0 Å². The summed E-state index contributed by atoms with van der Waals surface area (Å²) < 4.78 is 0. The van der Waals surface area contributed by atoms with Gasteiger partial charge in [0.05, 0.1) is 6.10 Å². The smallest absolute Gasteiger partial charge is 0.0553 e. The molecule has 2 nitrogen and oxygen atoms in total. The second-order valence-corrected chi connectivity index (χ2v) is 5.05. The standard InChI is InChI=1S/C13H17NO/c15-11-7-13(8-11)9-14-12(13)6-10-4-2-1-3-5-10/h1-5,11-12,14-15H,6-9H2. The largest absolute Gasteiger partial charge is 0.393 e. The SMILES string of the molecule is OC1CC2(CNC2Cc2ccccc2)C1. The molecule has 0 bridgehead atoms. The summed E-state index contributed by atoms with van der Waals surface area (Å²) in [6, 6.07) is 11.2. The van der Waals surface area contributed by atoms with Crippen LogP contribution in [0.25, 0.3) is 0 Å². The van der Waals surface area contributed by atoms with E-state index in [9.17, 15) is 5.11 Å². The van der Waals surface area contributed by atoms with Gasteiger partial charge >= 0.3 is 0 Å². The lowest BCUT2D eigenvalue weighted by atomic mass is 9.57. The lowest BCUT2D eigenvalue weighted by Crippen LogP contribution is -2.69. The Balaban J connectivity index is 1.65. The molecule has 1 aromatic rings. The number of aliphatic hydroxyl groups is 1. The number of hydrogen-bond acceptors (Lipinski definition) is 2. The molecule has 0 aromatic heterocycles. The Morgan fingerprint density at radius 3 is 2.53 bits per heavy atom. The zero-order valence-electron chi connectivity index (χ0n) is 8.82. The Bertz CT molecular complexity index is 343. The number of hydrogen-bond donors (Lipinski definition) is 2. The van der Waals surface area contributed by atoms with Gasteiger partial charge in [0.1, 0.15) is 0 Å². The van der Waals surface area contributed by atoms with Gasteiger partial charge < -0.3 is 10.4 Å². The van der Waals surface area contributed by atoms with Gasteiger partial charge in [-0.05, 0) is 24.8 Å². The molecule has 1 spiro atoms. The van der Waals surface area contributed by atoms with E-state index in [0.29, 0.717) is 11.5 Å². The van der Waals surface area contributed by atoms with E-state index in [1.54, 1.807) is 0 Å². The Kier molecular flexibility index (Phi) is 2.08. The van der Waals surface area contributed by atoms with Crippen molar-refractivity contribution in [3.63, 3.8) is 0 Å². The van der Waals surface area contributed by atoms with Crippen LogP contribution in [0.15, 0.2) is 30.3 Å². The third-order valence-electron chi connectivity index (χ3n) is 4.01. The molecule has 0 radical (unpaired) electrons. The molecule has 2 aliphatic rings. The summed E-state index contributed by atoms with van der Waals surface area (Å²) in [5.74, 6) is 0. The van der Waals surface area contributed by atoms with E-state index in [1.807, 2.05) is 0 Å². The topological polar surface area (TPSA) is 32.3 Å². The fourth-order valence-electron chi connectivity index (χ4n) is 2.98. The van der Waals surface area contributed by atoms with Crippen molar-refractivity contribution in [2.24, 2.45) is 5.41 Å². The van der Waals surface area contributed by atoms with Gasteiger partial charge in [-0.2, -0.15) is 0 Å². The number of nitrogens with one attached hydrogen (secondary N) is 1. The second-order valence-electron chi connectivity index (χ2n) is 5.05. The quantitative estimate of drug-likeness (QED) is 0.760. The first-order chi connectivity index (χ1) is 7.28. The van der Waals surface area contributed by atoms with Gasteiger partial charge in [-0.1, -0.05) is 30.3 Å². The van der Waals surface area contributed by atoms with Gasteiger partial charge in [0.15, 0.2) is 0 Å². The highest BCUT2D eigenvalue weighted by molar-refractivity contribution is 5.20. The maximum atomic E-state index is 9.40. The number of rotatable bonds is 2. The molecule has 1 unspecified atom stereocenters. The second kappa shape index (κ2) is 3.32. The van der Waals surface area contributed by atoms with E-state index in [2.05, 4.69) is 35.6 Å². The summed E-state index contributed by atoms with van der Waals surface area (Å²) in [6.45, 7) is 1.10. The molecule has 80 valence electrons. The maximum Gasteiger partial charge on any atom is 0.0553 e. The zero-order valence-corrected chi connectivity index (χ0v) is 8.82. The van der Waals surface area contributed by atoms with Crippen LogP contribution < -0.4 is 5.32 Å². The normalized spacial score (nSPS) is 38.5. The van der Waals surface area contributed by atoms with Crippen LogP contribution in [0.3, 0.4) is 0 Å². The number of aliphatic hydroxyl groups excluding tert-OH is 1. The first-order valence-corrected chi connectivity index (χ1v) is 5.74. The molecule has 0 amide bonds. The molecular formula is C13H17NO. The summed E-state index contributed by atoms with van der Waals surface area (Å²) in [5.41, 5.74) is 1.82. The van der Waals surface area contributed by atoms with Crippen LogP contribution in [-0.2, 0) is 6.42 Å². The minimum atomic E-state index is -0.0367. The molecule has 1 saturated heterocycles. The van der Waals surface area contributed by atoms with Crippen molar-refractivity contribution < 1.29 is 5.11 Å². The van der Waals surface area contributed by atoms with Gasteiger partial charge in [0, 0.05) is 18.0 Å². The summed E-state index contributed by atoms with van der Waals surface area (Å²) >= 11 is 0. The summed E-state index contributed by atoms with van der Waals surface area (Å²) in [5, 5.41) is 12.9. The monoisotopic (exact) mass is 203 g/mol. The first-order valence-electron chi connectivity index (χ1n) is 5.74. The average Bonchev–Trinajstić information content (AvgIpc) is 2.21. The van der Waals surface area contributed by atoms with E-state index >= 15 is 0 Å². The third-order valence-corrected chi connectivity index (χ3v) is 4.01. The number of benzene rings is 1. The minimum Gasteiger partial charge on any atom is -0.393 e. The molecule has 1 aliphatic heterocycles. The minimum absolute atomic E-state index is 0.0367. The predicted molar refractivity (Wildman–Crippen MR) is 59.6 cm³/mol. The van der Waals surface area contributed by atoms with Crippen LogP contribution in [0, 0.1) is 5.41 Å². The van der Waals surface area contributed by atoms with Gasteiger partial charge in [-0.3, -0.25) is 0 Å². The van der Waals surface area contributed by atoms with Crippen LogP contribution in [0.2, 0.25) is 0 Å². The van der Waals surface area contributed by atoms with Crippen LogP contribution in [0.1, 0.15) is 18.4 Å². The van der Waals surface area contributed by atoms with Gasteiger partial charge in [0.2, 0.25) is 0 Å². The molecule has 2 heteroatoms. The Hall–Kier alpha value is -0.860. The molecule has 15 heavy (non-hydrogen) atoms.